The molecule has 1 aromatic heterocycles. The summed E-state index contributed by atoms with van der Waals surface area (Å²) in [5.41, 5.74) is 2.38. The second-order valence-electron chi connectivity index (χ2n) is 4.47. The highest BCUT2D eigenvalue weighted by Gasteiger charge is 2.26. The van der Waals surface area contributed by atoms with Crippen molar-refractivity contribution in [1.82, 2.24) is 20.3 Å². The van der Waals surface area contributed by atoms with Crippen LogP contribution in [0.3, 0.4) is 0 Å². The highest BCUT2D eigenvalue weighted by Crippen LogP contribution is 2.22. The molecule has 0 aliphatic carbocycles. The van der Waals surface area contributed by atoms with Crippen LogP contribution < -0.4 is 26.2 Å². The normalized spacial score (nSPS) is 15.8. The number of amides is 1. The van der Waals surface area contributed by atoms with Gasteiger partial charge < -0.3 is 15.0 Å². The number of nitrogen functional groups attached to an aromatic ring is 1. The van der Waals surface area contributed by atoms with E-state index in [0.29, 0.717) is 19.0 Å². The van der Waals surface area contributed by atoms with E-state index in [1.54, 1.807) is 7.05 Å². The van der Waals surface area contributed by atoms with Crippen LogP contribution in [0.5, 0.6) is 6.01 Å². The van der Waals surface area contributed by atoms with Crippen molar-refractivity contribution < 1.29 is 9.53 Å². The number of hydrogen-bond acceptors (Lipinski definition) is 8. The molecule has 4 N–H and O–H groups in total. The van der Waals surface area contributed by atoms with Gasteiger partial charge in [-0.05, 0) is 12.8 Å². The van der Waals surface area contributed by atoms with Gasteiger partial charge in [-0.15, -0.1) is 0 Å². The van der Waals surface area contributed by atoms with Crippen LogP contribution >= 0.6 is 0 Å². The number of carbonyl (C=O) groups excluding carboxylic acids is 1. The SMILES string of the molecule is CNC(=O)C1CCN(c2nc(NN)nc(OC)n2)CC1. The van der Waals surface area contributed by atoms with Gasteiger partial charge in [-0.1, -0.05) is 0 Å². The van der Waals surface area contributed by atoms with Crippen molar-refractivity contribution in [3.63, 3.8) is 0 Å². The van der Waals surface area contributed by atoms with Crippen molar-refractivity contribution in [2.24, 2.45) is 11.8 Å². The molecule has 0 radical (unpaired) electrons. The first-order valence-corrected chi connectivity index (χ1v) is 6.41. The number of rotatable bonds is 4. The molecule has 2 rings (SSSR count). The molecule has 0 atom stereocenters. The van der Waals surface area contributed by atoms with Crippen LogP contribution in [0.25, 0.3) is 0 Å². The van der Waals surface area contributed by atoms with E-state index >= 15 is 0 Å². The predicted molar refractivity (Wildman–Crippen MR) is 73.2 cm³/mol. The minimum Gasteiger partial charge on any atom is -0.467 e. The topological polar surface area (TPSA) is 118 Å². The largest absolute Gasteiger partial charge is 0.467 e. The van der Waals surface area contributed by atoms with Gasteiger partial charge in [-0.2, -0.15) is 15.0 Å². The van der Waals surface area contributed by atoms with Crippen molar-refractivity contribution in [3.8, 4) is 6.01 Å². The van der Waals surface area contributed by atoms with Crippen LogP contribution in [0, 0.1) is 5.92 Å². The number of methoxy groups -OCH3 is 1. The first-order valence-electron chi connectivity index (χ1n) is 6.41. The average molecular weight is 281 g/mol. The second-order valence-corrected chi connectivity index (χ2v) is 4.47. The number of anilines is 2. The summed E-state index contributed by atoms with van der Waals surface area (Å²) in [7, 11) is 3.14. The molecule has 20 heavy (non-hydrogen) atoms. The molecule has 1 aliphatic rings. The molecule has 0 aromatic carbocycles. The predicted octanol–water partition coefficient (Wildman–Crippen LogP) is -0.872. The van der Waals surface area contributed by atoms with Crippen molar-refractivity contribution >= 4 is 17.8 Å². The van der Waals surface area contributed by atoms with Gasteiger partial charge in [0.2, 0.25) is 17.8 Å². The number of hydrazine groups is 1. The summed E-state index contributed by atoms with van der Waals surface area (Å²) in [5, 5.41) is 2.68. The Morgan fingerprint density at radius 1 is 1.35 bits per heavy atom. The van der Waals surface area contributed by atoms with E-state index in [2.05, 4.69) is 25.7 Å². The number of piperidine rings is 1. The number of hydrogen-bond donors (Lipinski definition) is 3. The van der Waals surface area contributed by atoms with Crippen molar-refractivity contribution in [1.29, 1.82) is 0 Å². The van der Waals surface area contributed by atoms with E-state index in [9.17, 15) is 4.79 Å². The molecule has 110 valence electrons. The van der Waals surface area contributed by atoms with Crippen molar-refractivity contribution in [3.05, 3.63) is 0 Å². The van der Waals surface area contributed by atoms with Gasteiger partial charge in [0.25, 0.3) is 0 Å². The molecule has 0 unspecified atom stereocenters. The van der Waals surface area contributed by atoms with Crippen LogP contribution in [0.2, 0.25) is 0 Å². The van der Waals surface area contributed by atoms with Crippen LogP contribution in [0.4, 0.5) is 11.9 Å². The maximum atomic E-state index is 11.6. The van der Waals surface area contributed by atoms with Crippen molar-refractivity contribution in [2.45, 2.75) is 12.8 Å². The third-order valence-corrected chi connectivity index (χ3v) is 3.31. The molecule has 9 heteroatoms. The molecule has 0 spiro atoms. The second kappa shape index (κ2) is 6.33. The lowest BCUT2D eigenvalue weighted by Crippen LogP contribution is -2.40. The van der Waals surface area contributed by atoms with Gasteiger partial charge >= 0.3 is 6.01 Å². The molecule has 1 fully saturated rings. The Morgan fingerprint density at radius 3 is 2.60 bits per heavy atom. The highest BCUT2D eigenvalue weighted by atomic mass is 16.5. The summed E-state index contributed by atoms with van der Waals surface area (Å²) < 4.78 is 5.02. The number of nitrogens with one attached hydrogen (secondary N) is 2. The standard InChI is InChI=1S/C11H19N7O2/c1-13-8(19)7-3-5-18(6-4-7)10-14-9(17-12)15-11(16-10)20-2/h7H,3-6,12H2,1-2H3,(H,13,19)(H,14,15,16,17). The molecule has 1 aliphatic heterocycles. The summed E-state index contributed by atoms with van der Waals surface area (Å²) in [6, 6.07) is 0.205. The van der Waals surface area contributed by atoms with Crippen molar-refractivity contribution in [2.75, 3.05) is 37.6 Å². The highest BCUT2D eigenvalue weighted by molar-refractivity contribution is 5.78. The summed E-state index contributed by atoms with van der Waals surface area (Å²) in [4.78, 5) is 25.9. The van der Waals surface area contributed by atoms with E-state index in [1.165, 1.54) is 7.11 Å². The van der Waals surface area contributed by atoms with Gasteiger partial charge in [0, 0.05) is 26.1 Å². The zero-order chi connectivity index (χ0) is 14.5. The lowest BCUT2D eigenvalue weighted by Gasteiger charge is -2.31. The Balaban J connectivity index is 2.08. The Labute approximate surface area is 116 Å². The smallest absolute Gasteiger partial charge is 0.322 e. The zero-order valence-corrected chi connectivity index (χ0v) is 11.6. The van der Waals surface area contributed by atoms with Gasteiger partial charge in [0.15, 0.2) is 0 Å². The van der Waals surface area contributed by atoms with E-state index in [4.69, 9.17) is 10.6 Å². The Morgan fingerprint density at radius 2 is 2.05 bits per heavy atom. The quantitative estimate of drug-likeness (QED) is 0.481. The first-order chi connectivity index (χ1) is 9.67. The Hall–Kier alpha value is -2.16. The maximum absolute atomic E-state index is 11.6. The molecular weight excluding hydrogens is 262 g/mol. The van der Waals surface area contributed by atoms with Crippen LogP contribution in [0.1, 0.15) is 12.8 Å². The van der Waals surface area contributed by atoms with Gasteiger partial charge in [0.05, 0.1) is 7.11 Å². The summed E-state index contributed by atoms with van der Waals surface area (Å²) in [6.07, 6.45) is 1.53. The minimum absolute atomic E-state index is 0.0482. The fraction of sp³-hybridized carbons (Fsp3) is 0.636. The third-order valence-electron chi connectivity index (χ3n) is 3.31. The molecular formula is C11H19N7O2. The first kappa shape index (κ1) is 14.3. The van der Waals surface area contributed by atoms with E-state index < -0.39 is 0 Å². The number of nitrogens with two attached hydrogens (primary N) is 1. The fourth-order valence-corrected chi connectivity index (χ4v) is 2.19. The Bertz CT molecular complexity index is 452. The van der Waals surface area contributed by atoms with E-state index in [-0.39, 0.29) is 23.8 Å². The molecule has 1 saturated heterocycles. The molecule has 0 saturated carbocycles. The number of ether oxygens (including phenoxy) is 1. The van der Waals surface area contributed by atoms with E-state index in [0.717, 1.165) is 12.8 Å². The molecule has 2 heterocycles. The van der Waals surface area contributed by atoms with Gasteiger partial charge in [0.1, 0.15) is 0 Å². The molecule has 1 amide bonds. The average Bonchev–Trinajstić information content (AvgIpc) is 2.53. The summed E-state index contributed by atoms with van der Waals surface area (Å²) in [5.74, 6) is 6.21. The number of nitrogens with zero attached hydrogens (tertiary/aromatic N) is 4. The van der Waals surface area contributed by atoms with Gasteiger partial charge in [-0.25, -0.2) is 5.84 Å². The lowest BCUT2D eigenvalue weighted by molar-refractivity contribution is -0.125. The molecule has 0 bridgehead atoms. The fourth-order valence-electron chi connectivity index (χ4n) is 2.19. The summed E-state index contributed by atoms with van der Waals surface area (Å²) in [6.45, 7) is 1.41. The van der Waals surface area contributed by atoms with E-state index in [1.807, 2.05) is 4.90 Å². The van der Waals surface area contributed by atoms with Crippen LogP contribution in [-0.4, -0.2) is 48.1 Å². The Kier molecular flexibility index (Phi) is 4.51. The minimum atomic E-state index is 0.0482. The summed E-state index contributed by atoms with van der Waals surface area (Å²) >= 11 is 0. The monoisotopic (exact) mass is 281 g/mol. The zero-order valence-electron chi connectivity index (χ0n) is 11.6. The maximum Gasteiger partial charge on any atom is 0.322 e. The number of aromatic nitrogens is 3. The molecule has 9 nitrogen and oxygen atoms in total. The van der Waals surface area contributed by atoms with Crippen LogP contribution in [0.15, 0.2) is 0 Å². The van der Waals surface area contributed by atoms with Gasteiger partial charge in [-0.3, -0.25) is 10.2 Å². The lowest BCUT2D eigenvalue weighted by atomic mass is 9.96. The number of carbonyl (C=O) groups is 1. The molecule has 1 aromatic rings. The van der Waals surface area contributed by atoms with Crippen LogP contribution in [-0.2, 0) is 4.79 Å². The third kappa shape index (κ3) is 3.05.